The van der Waals surface area contributed by atoms with Crippen LogP contribution < -0.4 is 10.2 Å². The van der Waals surface area contributed by atoms with E-state index < -0.39 is 0 Å². The summed E-state index contributed by atoms with van der Waals surface area (Å²) in [4.78, 5) is 6.87. The summed E-state index contributed by atoms with van der Waals surface area (Å²) in [6, 6.07) is 6.31. The van der Waals surface area contributed by atoms with Gasteiger partial charge in [0.1, 0.15) is 0 Å². The number of aryl methyl sites for hydroxylation is 1. The minimum absolute atomic E-state index is 0.625. The molecular formula is C14H18N4S. The van der Waals surface area contributed by atoms with Crippen LogP contribution in [0.2, 0.25) is 0 Å². The van der Waals surface area contributed by atoms with Crippen molar-refractivity contribution in [3.05, 3.63) is 23.8 Å². The van der Waals surface area contributed by atoms with Gasteiger partial charge in [0.15, 0.2) is 11.4 Å². The molecule has 1 aliphatic rings. The molecule has 0 radical (unpaired) electrons. The van der Waals surface area contributed by atoms with Gasteiger partial charge >= 0.3 is 0 Å². The number of amidine groups is 1. The Hall–Kier alpha value is -1.67. The minimum atomic E-state index is 0.625. The van der Waals surface area contributed by atoms with Crippen molar-refractivity contribution in [1.82, 2.24) is 5.32 Å². The zero-order valence-corrected chi connectivity index (χ0v) is 12.1. The van der Waals surface area contributed by atoms with Crippen molar-refractivity contribution < 1.29 is 0 Å². The largest absolute Gasteiger partial charge is 0.372 e. The molecule has 1 aromatic rings. The quantitative estimate of drug-likeness (QED) is 0.390. The van der Waals surface area contributed by atoms with E-state index in [1.54, 1.807) is 0 Å². The van der Waals surface area contributed by atoms with Crippen molar-refractivity contribution >= 4 is 28.3 Å². The highest BCUT2D eigenvalue weighted by atomic mass is 32.2. The number of aliphatic imine (C=N–C) groups is 1. The third-order valence-electron chi connectivity index (χ3n) is 3.23. The van der Waals surface area contributed by atoms with Gasteiger partial charge in [-0.1, -0.05) is 11.8 Å². The van der Waals surface area contributed by atoms with Crippen molar-refractivity contribution in [3.8, 4) is 6.19 Å². The fourth-order valence-electron chi connectivity index (χ4n) is 2.22. The average molecular weight is 274 g/mol. The van der Waals surface area contributed by atoms with Gasteiger partial charge in [-0.15, -0.1) is 0 Å². The zero-order chi connectivity index (χ0) is 13.7. The molecule has 0 saturated carbocycles. The Morgan fingerprint density at radius 2 is 2.16 bits per heavy atom. The van der Waals surface area contributed by atoms with Crippen LogP contribution in [0, 0.1) is 18.4 Å². The van der Waals surface area contributed by atoms with Crippen LogP contribution >= 0.6 is 11.8 Å². The van der Waals surface area contributed by atoms with Gasteiger partial charge in [-0.05, 0) is 49.8 Å². The Kier molecular flexibility index (Phi) is 4.69. The Bertz CT molecular complexity index is 513. The van der Waals surface area contributed by atoms with E-state index in [-0.39, 0.29) is 0 Å². The number of thioether (sulfide) groups is 1. The van der Waals surface area contributed by atoms with E-state index in [0.29, 0.717) is 5.17 Å². The van der Waals surface area contributed by atoms with E-state index in [4.69, 9.17) is 5.26 Å². The SMILES string of the molecule is CSC(=Nc1ccc(N2CCCC2)cc1C)NC#N. The van der Waals surface area contributed by atoms with E-state index >= 15 is 0 Å². The van der Waals surface area contributed by atoms with Crippen molar-refractivity contribution in [2.24, 2.45) is 4.99 Å². The van der Waals surface area contributed by atoms with Gasteiger partial charge in [-0.2, -0.15) is 5.26 Å². The number of anilines is 1. The summed E-state index contributed by atoms with van der Waals surface area (Å²) in [5.41, 5.74) is 3.32. The van der Waals surface area contributed by atoms with Crippen LogP contribution in [0.15, 0.2) is 23.2 Å². The summed E-state index contributed by atoms with van der Waals surface area (Å²) < 4.78 is 0. The number of nitrogens with zero attached hydrogens (tertiary/aromatic N) is 3. The molecule has 1 aliphatic heterocycles. The molecule has 1 saturated heterocycles. The predicted octanol–water partition coefficient (Wildman–Crippen LogP) is 3.02. The molecule has 0 atom stereocenters. The van der Waals surface area contributed by atoms with Crippen LogP contribution in [0.1, 0.15) is 18.4 Å². The van der Waals surface area contributed by atoms with E-state index in [2.05, 4.69) is 34.3 Å². The predicted molar refractivity (Wildman–Crippen MR) is 82.0 cm³/mol. The van der Waals surface area contributed by atoms with Crippen molar-refractivity contribution in [1.29, 1.82) is 5.26 Å². The second-order valence-electron chi connectivity index (χ2n) is 4.52. The maximum atomic E-state index is 8.64. The molecule has 1 N–H and O–H groups in total. The third kappa shape index (κ3) is 3.42. The van der Waals surface area contributed by atoms with Crippen molar-refractivity contribution in [2.45, 2.75) is 19.8 Å². The minimum Gasteiger partial charge on any atom is -0.372 e. The molecule has 0 unspecified atom stereocenters. The van der Waals surface area contributed by atoms with Crippen molar-refractivity contribution in [2.75, 3.05) is 24.2 Å². The number of benzene rings is 1. The fourth-order valence-corrected chi connectivity index (χ4v) is 2.56. The molecule has 0 amide bonds. The highest BCUT2D eigenvalue weighted by molar-refractivity contribution is 8.13. The summed E-state index contributed by atoms with van der Waals surface area (Å²) in [6.45, 7) is 4.35. The fraction of sp³-hybridized carbons (Fsp3) is 0.429. The van der Waals surface area contributed by atoms with Gasteiger partial charge in [-0.3, -0.25) is 5.32 Å². The van der Waals surface area contributed by atoms with Crippen LogP contribution in [0.4, 0.5) is 11.4 Å². The Balaban J connectivity index is 2.21. The molecule has 100 valence electrons. The lowest BCUT2D eigenvalue weighted by molar-refractivity contribution is 0.949. The van der Waals surface area contributed by atoms with Crippen LogP contribution in [0.25, 0.3) is 0 Å². The van der Waals surface area contributed by atoms with Crippen LogP contribution in [0.5, 0.6) is 0 Å². The van der Waals surface area contributed by atoms with E-state index in [9.17, 15) is 0 Å². The summed E-state index contributed by atoms with van der Waals surface area (Å²) >= 11 is 1.43. The summed E-state index contributed by atoms with van der Waals surface area (Å²) in [5, 5.41) is 11.9. The Morgan fingerprint density at radius 1 is 1.42 bits per heavy atom. The monoisotopic (exact) mass is 274 g/mol. The lowest BCUT2D eigenvalue weighted by Crippen LogP contribution is -2.17. The molecular weight excluding hydrogens is 256 g/mol. The molecule has 0 spiro atoms. The first-order valence-electron chi connectivity index (χ1n) is 6.38. The molecule has 2 rings (SSSR count). The highest BCUT2D eigenvalue weighted by Gasteiger charge is 2.13. The molecule has 5 heteroatoms. The number of hydrogen-bond donors (Lipinski definition) is 1. The number of hydrogen-bond acceptors (Lipinski definition) is 4. The first-order valence-corrected chi connectivity index (χ1v) is 7.60. The first-order chi connectivity index (χ1) is 9.24. The Labute approximate surface area is 118 Å². The maximum absolute atomic E-state index is 8.64. The number of rotatable bonds is 2. The van der Waals surface area contributed by atoms with E-state index in [1.165, 1.54) is 30.3 Å². The lowest BCUT2D eigenvalue weighted by atomic mass is 10.1. The third-order valence-corrected chi connectivity index (χ3v) is 3.81. The standard InChI is InChI=1S/C14H18N4S/c1-11-9-12(18-7-3-4-8-18)5-6-13(11)17-14(19-2)16-10-15/h5-6,9H,3-4,7-8H2,1-2H3,(H,16,17). The first kappa shape index (κ1) is 13.8. The van der Waals surface area contributed by atoms with E-state index in [0.717, 1.165) is 24.3 Å². The van der Waals surface area contributed by atoms with Crippen LogP contribution in [-0.4, -0.2) is 24.5 Å². The topological polar surface area (TPSA) is 51.4 Å². The van der Waals surface area contributed by atoms with Gasteiger partial charge in [0, 0.05) is 18.8 Å². The smallest absolute Gasteiger partial charge is 0.183 e. The van der Waals surface area contributed by atoms with Crippen LogP contribution in [-0.2, 0) is 0 Å². The molecule has 0 aromatic heterocycles. The molecule has 1 fully saturated rings. The average Bonchev–Trinajstić information content (AvgIpc) is 2.94. The van der Waals surface area contributed by atoms with E-state index in [1.807, 2.05) is 18.5 Å². The van der Waals surface area contributed by atoms with Gasteiger partial charge in [0.05, 0.1) is 5.69 Å². The second kappa shape index (κ2) is 6.48. The zero-order valence-electron chi connectivity index (χ0n) is 11.3. The highest BCUT2D eigenvalue weighted by Crippen LogP contribution is 2.27. The normalized spacial score (nSPS) is 15.4. The van der Waals surface area contributed by atoms with Gasteiger partial charge in [-0.25, -0.2) is 4.99 Å². The molecule has 0 bridgehead atoms. The summed E-state index contributed by atoms with van der Waals surface area (Å²) in [5.74, 6) is 0. The molecule has 4 nitrogen and oxygen atoms in total. The molecule has 0 aliphatic carbocycles. The van der Waals surface area contributed by atoms with Gasteiger partial charge < -0.3 is 4.90 Å². The second-order valence-corrected chi connectivity index (χ2v) is 5.32. The van der Waals surface area contributed by atoms with Crippen molar-refractivity contribution in [3.63, 3.8) is 0 Å². The molecule has 19 heavy (non-hydrogen) atoms. The molecule has 1 heterocycles. The van der Waals surface area contributed by atoms with Gasteiger partial charge in [0.25, 0.3) is 0 Å². The van der Waals surface area contributed by atoms with Gasteiger partial charge in [0.2, 0.25) is 0 Å². The lowest BCUT2D eigenvalue weighted by Gasteiger charge is -2.18. The summed E-state index contributed by atoms with van der Waals surface area (Å²) in [6.07, 6.45) is 6.36. The number of nitriles is 1. The summed E-state index contributed by atoms with van der Waals surface area (Å²) in [7, 11) is 0. The molecule has 1 aromatic carbocycles. The maximum Gasteiger partial charge on any atom is 0.183 e. The number of nitrogens with one attached hydrogen (secondary N) is 1. The Morgan fingerprint density at radius 3 is 2.74 bits per heavy atom. The van der Waals surface area contributed by atoms with Crippen LogP contribution in [0.3, 0.4) is 0 Å².